The number of amides is 3. The number of piperazine rings is 1. The molecule has 1 saturated heterocycles. The summed E-state index contributed by atoms with van der Waals surface area (Å²) in [5.74, 6) is -0.857. The summed E-state index contributed by atoms with van der Waals surface area (Å²) in [7, 11) is 0. The van der Waals surface area contributed by atoms with Crippen molar-refractivity contribution in [2.45, 2.75) is 39.2 Å². The van der Waals surface area contributed by atoms with Crippen molar-refractivity contribution < 1.29 is 18.8 Å². The number of anilines is 2. The summed E-state index contributed by atoms with van der Waals surface area (Å²) in [4.78, 5) is 43.4. The number of nitrogens with zero attached hydrogens (tertiary/aromatic N) is 3. The van der Waals surface area contributed by atoms with E-state index in [4.69, 9.17) is 0 Å². The zero-order chi connectivity index (χ0) is 24.9. The average Bonchev–Trinajstić information content (AvgIpc) is 2.82. The first-order valence-corrected chi connectivity index (χ1v) is 12.3. The third-order valence-electron chi connectivity index (χ3n) is 6.86. The predicted molar refractivity (Wildman–Crippen MR) is 134 cm³/mol. The maximum Gasteiger partial charge on any atom is 0.256 e. The van der Waals surface area contributed by atoms with E-state index in [0.717, 1.165) is 24.9 Å². The Morgan fingerprint density at radius 2 is 1.66 bits per heavy atom. The normalized spacial score (nSPS) is 16.1. The molecule has 8 heteroatoms. The maximum absolute atomic E-state index is 14.0. The lowest BCUT2D eigenvalue weighted by atomic mass is 9.84. The van der Waals surface area contributed by atoms with E-state index in [-0.39, 0.29) is 41.8 Å². The van der Waals surface area contributed by atoms with Crippen LogP contribution in [-0.4, -0.2) is 66.3 Å². The van der Waals surface area contributed by atoms with Crippen molar-refractivity contribution in [3.05, 3.63) is 59.9 Å². The van der Waals surface area contributed by atoms with Crippen LogP contribution in [0, 0.1) is 11.7 Å². The molecule has 2 aromatic carbocycles. The van der Waals surface area contributed by atoms with E-state index in [1.165, 1.54) is 12.1 Å². The molecule has 186 valence electrons. The van der Waals surface area contributed by atoms with Gasteiger partial charge in [0.2, 0.25) is 11.8 Å². The molecule has 0 aromatic heterocycles. The van der Waals surface area contributed by atoms with Crippen LogP contribution in [-0.2, 0) is 9.59 Å². The Kier molecular flexibility index (Phi) is 7.68. The van der Waals surface area contributed by atoms with Crippen LogP contribution < -0.4 is 10.2 Å². The van der Waals surface area contributed by atoms with E-state index >= 15 is 0 Å². The van der Waals surface area contributed by atoms with Gasteiger partial charge in [-0.25, -0.2) is 4.39 Å². The molecule has 7 nitrogen and oxygen atoms in total. The summed E-state index contributed by atoms with van der Waals surface area (Å²) in [6, 6.07) is 13.6. The van der Waals surface area contributed by atoms with Gasteiger partial charge in [0, 0.05) is 49.5 Å². The standard InChI is InChI=1S/C27H33FN4O3/c1-19(2)32(26(34)20-6-5-7-20)18-25(33)29-21-10-12-22(13-11-21)30-14-16-31(17-15-30)27(35)23-8-3-4-9-24(23)28/h3-4,8-13,19-20H,5-7,14-18H2,1-2H3,(H,29,33). The minimum absolute atomic E-state index is 0.0276. The number of nitrogens with one attached hydrogen (secondary N) is 1. The quantitative estimate of drug-likeness (QED) is 0.655. The number of halogens is 1. The van der Waals surface area contributed by atoms with Crippen LogP contribution in [0.4, 0.5) is 15.8 Å². The van der Waals surface area contributed by atoms with Gasteiger partial charge in [0.15, 0.2) is 0 Å². The van der Waals surface area contributed by atoms with Crippen LogP contribution in [0.5, 0.6) is 0 Å². The molecule has 3 amide bonds. The molecular formula is C27H33FN4O3. The summed E-state index contributed by atoms with van der Waals surface area (Å²) >= 11 is 0. The Balaban J connectivity index is 1.29. The van der Waals surface area contributed by atoms with Crippen LogP contribution >= 0.6 is 0 Å². The zero-order valence-electron chi connectivity index (χ0n) is 20.4. The third kappa shape index (κ3) is 5.81. The van der Waals surface area contributed by atoms with Gasteiger partial charge >= 0.3 is 0 Å². The highest BCUT2D eigenvalue weighted by Gasteiger charge is 2.31. The van der Waals surface area contributed by atoms with Crippen LogP contribution in [0.2, 0.25) is 0 Å². The smallest absolute Gasteiger partial charge is 0.256 e. The third-order valence-corrected chi connectivity index (χ3v) is 6.86. The number of rotatable bonds is 7. The molecule has 0 spiro atoms. The lowest BCUT2D eigenvalue weighted by molar-refractivity contribution is -0.142. The van der Waals surface area contributed by atoms with E-state index in [2.05, 4.69) is 10.2 Å². The van der Waals surface area contributed by atoms with E-state index in [1.807, 2.05) is 38.1 Å². The van der Waals surface area contributed by atoms with Gasteiger partial charge in [-0.1, -0.05) is 18.6 Å². The van der Waals surface area contributed by atoms with Crippen LogP contribution in [0.1, 0.15) is 43.5 Å². The fourth-order valence-electron chi connectivity index (χ4n) is 4.49. The molecular weight excluding hydrogens is 447 g/mol. The molecule has 0 bridgehead atoms. The molecule has 35 heavy (non-hydrogen) atoms. The summed E-state index contributed by atoms with van der Waals surface area (Å²) < 4.78 is 14.0. The first-order chi connectivity index (χ1) is 16.8. The van der Waals surface area contributed by atoms with Gasteiger partial charge in [-0.05, 0) is 63.1 Å². The summed E-state index contributed by atoms with van der Waals surface area (Å²) in [5, 5.41) is 2.89. The van der Waals surface area contributed by atoms with Gasteiger partial charge in [0.1, 0.15) is 12.4 Å². The molecule has 0 atom stereocenters. The number of hydrogen-bond acceptors (Lipinski definition) is 4. The highest BCUT2D eigenvalue weighted by atomic mass is 19.1. The Morgan fingerprint density at radius 3 is 2.23 bits per heavy atom. The first kappa shape index (κ1) is 24.7. The van der Waals surface area contributed by atoms with Crippen LogP contribution in [0.3, 0.4) is 0 Å². The Bertz CT molecular complexity index is 1060. The van der Waals surface area contributed by atoms with Crippen molar-refractivity contribution in [3.8, 4) is 0 Å². The maximum atomic E-state index is 14.0. The minimum atomic E-state index is -0.499. The predicted octanol–water partition coefficient (Wildman–Crippen LogP) is 3.76. The van der Waals surface area contributed by atoms with Gasteiger partial charge in [0.05, 0.1) is 5.56 Å². The van der Waals surface area contributed by atoms with Gasteiger partial charge < -0.3 is 20.0 Å². The van der Waals surface area contributed by atoms with E-state index < -0.39 is 5.82 Å². The van der Waals surface area contributed by atoms with Gasteiger partial charge in [0.25, 0.3) is 5.91 Å². The second-order valence-corrected chi connectivity index (χ2v) is 9.54. The first-order valence-electron chi connectivity index (χ1n) is 12.3. The molecule has 1 heterocycles. The van der Waals surface area contributed by atoms with Crippen molar-refractivity contribution in [1.82, 2.24) is 9.80 Å². The summed E-state index contributed by atoms with van der Waals surface area (Å²) in [5.41, 5.74) is 1.77. The van der Waals surface area contributed by atoms with Gasteiger partial charge in [-0.3, -0.25) is 14.4 Å². The molecule has 2 fully saturated rings. The molecule has 1 aliphatic carbocycles. The minimum Gasteiger partial charge on any atom is -0.368 e. The second-order valence-electron chi connectivity index (χ2n) is 9.54. The van der Waals surface area contributed by atoms with Crippen molar-refractivity contribution in [2.24, 2.45) is 5.92 Å². The van der Waals surface area contributed by atoms with Crippen molar-refractivity contribution >= 4 is 29.1 Å². The molecule has 0 radical (unpaired) electrons. The van der Waals surface area contributed by atoms with Crippen molar-refractivity contribution in [1.29, 1.82) is 0 Å². The summed E-state index contributed by atoms with van der Waals surface area (Å²) in [6.45, 7) is 6.20. The number of carbonyl (C=O) groups excluding carboxylic acids is 3. The lowest BCUT2D eigenvalue weighted by Gasteiger charge is -2.36. The Labute approximate surface area is 205 Å². The molecule has 0 unspecified atom stereocenters. The SMILES string of the molecule is CC(C)N(CC(=O)Nc1ccc(N2CCN(C(=O)c3ccccc3F)CC2)cc1)C(=O)C1CCC1. The summed E-state index contributed by atoms with van der Waals surface area (Å²) in [6.07, 6.45) is 2.91. The second kappa shape index (κ2) is 10.9. The van der Waals surface area contributed by atoms with E-state index in [0.29, 0.717) is 31.9 Å². The Morgan fingerprint density at radius 1 is 1.00 bits per heavy atom. The molecule has 1 aliphatic heterocycles. The molecule has 4 rings (SSSR count). The monoisotopic (exact) mass is 480 g/mol. The highest BCUT2D eigenvalue weighted by Crippen LogP contribution is 2.29. The van der Waals surface area contributed by atoms with Crippen molar-refractivity contribution in [2.75, 3.05) is 42.9 Å². The molecule has 1 saturated carbocycles. The lowest BCUT2D eigenvalue weighted by Crippen LogP contribution is -2.49. The average molecular weight is 481 g/mol. The molecule has 2 aliphatic rings. The number of benzene rings is 2. The Hall–Kier alpha value is -3.42. The zero-order valence-corrected chi connectivity index (χ0v) is 20.4. The topological polar surface area (TPSA) is 73.0 Å². The van der Waals surface area contributed by atoms with E-state index in [1.54, 1.807) is 21.9 Å². The van der Waals surface area contributed by atoms with Gasteiger partial charge in [-0.15, -0.1) is 0 Å². The van der Waals surface area contributed by atoms with Crippen molar-refractivity contribution in [3.63, 3.8) is 0 Å². The van der Waals surface area contributed by atoms with Crippen LogP contribution in [0.15, 0.2) is 48.5 Å². The molecule has 1 N–H and O–H groups in total. The fraction of sp³-hybridized carbons (Fsp3) is 0.444. The van der Waals surface area contributed by atoms with Crippen LogP contribution in [0.25, 0.3) is 0 Å². The number of hydrogen-bond donors (Lipinski definition) is 1. The van der Waals surface area contributed by atoms with E-state index in [9.17, 15) is 18.8 Å². The largest absolute Gasteiger partial charge is 0.368 e. The fourth-order valence-corrected chi connectivity index (χ4v) is 4.49. The number of carbonyl (C=O) groups is 3. The highest BCUT2D eigenvalue weighted by molar-refractivity contribution is 5.95. The van der Waals surface area contributed by atoms with Gasteiger partial charge in [-0.2, -0.15) is 0 Å². The molecule has 2 aromatic rings.